The van der Waals surface area contributed by atoms with E-state index in [0.717, 1.165) is 62.1 Å². The van der Waals surface area contributed by atoms with Crippen LogP contribution in [0.5, 0.6) is 0 Å². The van der Waals surface area contributed by atoms with Gasteiger partial charge in [0.1, 0.15) is 0 Å². The van der Waals surface area contributed by atoms with E-state index < -0.39 is 0 Å². The summed E-state index contributed by atoms with van der Waals surface area (Å²) < 4.78 is 0.505. The minimum Gasteiger partial charge on any atom is -0.317 e. The molecular weight excluding hydrogens is 446 g/mol. The molecule has 2 aromatic rings. The Kier molecular flexibility index (Phi) is 6.54. The monoisotopic (exact) mass is 480 g/mol. The quantitative estimate of drug-likeness (QED) is 0.606. The number of hydrogen-bond acceptors (Lipinski definition) is 3. The molecule has 2 aromatic carbocycles. The van der Waals surface area contributed by atoms with E-state index >= 15 is 0 Å². The first-order valence-corrected chi connectivity index (χ1v) is 13.1. The molecule has 2 saturated heterocycles. The van der Waals surface area contributed by atoms with Crippen molar-refractivity contribution in [1.29, 1.82) is 0 Å². The highest BCUT2D eigenvalue weighted by atomic mass is 35.5. The number of amides is 2. The van der Waals surface area contributed by atoms with Gasteiger partial charge < -0.3 is 10.2 Å². The number of nitrogens with one attached hydrogen (secondary N) is 1. The van der Waals surface area contributed by atoms with Gasteiger partial charge in [-0.2, -0.15) is 0 Å². The van der Waals surface area contributed by atoms with Gasteiger partial charge in [0.15, 0.2) is 0 Å². The normalized spacial score (nSPS) is 25.6. The van der Waals surface area contributed by atoms with E-state index in [4.69, 9.17) is 11.6 Å². The Morgan fingerprint density at radius 3 is 2.38 bits per heavy atom. The van der Waals surface area contributed by atoms with Crippen LogP contribution in [0.4, 0.5) is 5.69 Å². The average molecular weight is 481 g/mol. The maximum atomic E-state index is 14.0. The summed E-state index contributed by atoms with van der Waals surface area (Å²) in [6, 6.07) is 13.4. The molecule has 0 saturated carbocycles. The van der Waals surface area contributed by atoms with Crippen molar-refractivity contribution >= 4 is 29.1 Å². The molecule has 5 rings (SSSR count). The van der Waals surface area contributed by atoms with E-state index in [1.54, 1.807) is 11.0 Å². The van der Waals surface area contributed by atoms with Crippen molar-refractivity contribution in [1.82, 2.24) is 5.32 Å². The Balaban J connectivity index is 1.36. The zero-order chi connectivity index (χ0) is 23.9. The maximum Gasteiger partial charge on any atom is 0.346 e. The first kappa shape index (κ1) is 23.5. The summed E-state index contributed by atoms with van der Waals surface area (Å²) in [7, 11) is 0. The summed E-state index contributed by atoms with van der Waals surface area (Å²) in [4.78, 5) is 28.8. The molecule has 3 aliphatic rings. The van der Waals surface area contributed by atoms with Crippen molar-refractivity contribution in [2.24, 2.45) is 11.8 Å². The molecule has 1 N–H and O–H groups in total. The zero-order valence-electron chi connectivity index (χ0n) is 20.2. The van der Waals surface area contributed by atoms with Crippen LogP contribution in [0.3, 0.4) is 0 Å². The van der Waals surface area contributed by atoms with E-state index in [0.29, 0.717) is 27.2 Å². The van der Waals surface area contributed by atoms with Crippen molar-refractivity contribution in [2.75, 3.05) is 31.1 Å². The lowest BCUT2D eigenvalue weighted by molar-refractivity contribution is -0.877. The summed E-state index contributed by atoms with van der Waals surface area (Å²) in [6.45, 7) is 8.89. The Bertz CT molecular complexity index is 1080. The largest absolute Gasteiger partial charge is 0.346 e. The highest BCUT2D eigenvalue weighted by molar-refractivity contribution is 6.35. The number of carbonyl (C=O) groups is 2. The van der Waals surface area contributed by atoms with Gasteiger partial charge >= 0.3 is 5.91 Å². The highest BCUT2D eigenvalue weighted by Crippen LogP contribution is 2.37. The van der Waals surface area contributed by atoms with Crippen molar-refractivity contribution < 1.29 is 14.1 Å². The Hall–Kier alpha value is -2.21. The summed E-state index contributed by atoms with van der Waals surface area (Å²) in [5, 5.41) is 3.96. The molecule has 6 heteroatoms. The Labute approximate surface area is 207 Å². The number of hydrogen-bond donors (Lipinski definition) is 1. The second kappa shape index (κ2) is 9.44. The first-order valence-electron chi connectivity index (χ1n) is 12.7. The molecule has 0 bridgehead atoms. The number of nitrogens with zero attached hydrogens (tertiary/aromatic N) is 2. The number of quaternary nitrogens is 1. The van der Waals surface area contributed by atoms with E-state index in [-0.39, 0.29) is 17.9 Å². The van der Waals surface area contributed by atoms with Gasteiger partial charge in [0, 0.05) is 18.5 Å². The number of rotatable bonds is 4. The van der Waals surface area contributed by atoms with Gasteiger partial charge in [-0.05, 0) is 81.4 Å². The maximum absolute atomic E-state index is 14.0. The zero-order valence-corrected chi connectivity index (χ0v) is 21.0. The van der Waals surface area contributed by atoms with Crippen LogP contribution >= 0.6 is 11.6 Å². The van der Waals surface area contributed by atoms with Crippen LogP contribution in [0.1, 0.15) is 65.8 Å². The molecule has 0 unspecified atom stereocenters. The van der Waals surface area contributed by atoms with Gasteiger partial charge in [0.05, 0.1) is 41.8 Å². The van der Waals surface area contributed by atoms with Crippen LogP contribution in [-0.2, 0) is 6.54 Å². The lowest BCUT2D eigenvalue weighted by Crippen LogP contribution is -2.61. The van der Waals surface area contributed by atoms with Crippen molar-refractivity contribution in [3.05, 3.63) is 64.2 Å². The number of likely N-dealkylation sites (tertiary alicyclic amines) is 1. The molecule has 2 fully saturated rings. The SMILES string of the molecule is CC(C)[N+]1(C(=O)c2cccc(N3Cc4cccc(Cl)c4C3=O)c2)CCC(C2CCNCC2)CC1. The van der Waals surface area contributed by atoms with Crippen molar-refractivity contribution in [3.63, 3.8) is 0 Å². The third kappa shape index (κ3) is 4.08. The van der Waals surface area contributed by atoms with E-state index in [1.807, 2.05) is 36.4 Å². The molecule has 34 heavy (non-hydrogen) atoms. The minimum atomic E-state index is -0.0965. The summed E-state index contributed by atoms with van der Waals surface area (Å²) >= 11 is 6.31. The second-order valence-electron chi connectivity index (χ2n) is 10.5. The van der Waals surface area contributed by atoms with Gasteiger partial charge in [0.2, 0.25) is 0 Å². The molecular formula is C28H35ClN3O2+. The molecule has 0 atom stereocenters. The van der Waals surface area contributed by atoms with Crippen LogP contribution in [-0.4, -0.2) is 48.5 Å². The molecule has 5 nitrogen and oxygen atoms in total. The lowest BCUT2D eigenvalue weighted by Gasteiger charge is -2.46. The van der Waals surface area contributed by atoms with E-state index in [2.05, 4.69) is 19.2 Å². The molecule has 0 radical (unpaired) electrons. The van der Waals surface area contributed by atoms with E-state index in [9.17, 15) is 9.59 Å². The predicted octanol–water partition coefficient (Wildman–Crippen LogP) is 5.28. The molecule has 0 spiro atoms. The topological polar surface area (TPSA) is 49.4 Å². The number of anilines is 1. The number of fused-ring (bicyclic) bond motifs is 1. The van der Waals surface area contributed by atoms with E-state index in [1.165, 1.54) is 12.8 Å². The van der Waals surface area contributed by atoms with Gasteiger partial charge in [-0.3, -0.25) is 9.28 Å². The van der Waals surface area contributed by atoms with Gasteiger partial charge in [-0.25, -0.2) is 4.79 Å². The van der Waals surface area contributed by atoms with Crippen LogP contribution in [0.2, 0.25) is 5.02 Å². The molecule has 3 heterocycles. The lowest BCUT2D eigenvalue weighted by atomic mass is 9.78. The predicted molar refractivity (Wildman–Crippen MR) is 136 cm³/mol. The fourth-order valence-corrected chi connectivity index (χ4v) is 6.65. The molecule has 0 aliphatic carbocycles. The fourth-order valence-electron chi connectivity index (χ4n) is 6.38. The van der Waals surface area contributed by atoms with Gasteiger partial charge in [0.25, 0.3) is 5.91 Å². The standard InChI is InChI=1S/C28H35ClN3O2/c1-19(2)32(15-11-21(12-16-32)20-9-13-30-14-10-20)28(34)22-5-3-7-24(17-22)31-18-23-6-4-8-25(29)26(23)27(31)33/h3-8,17,19-21,30H,9-16,18H2,1-2H3/q+1. The second-order valence-corrected chi connectivity index (χ2v) is 10.9. The molecule has 180 valence electrons. The van der Waals surface area contributed by atoms with Crippen molar-refractivity contribution in [3.8, 4) is 0 Å². The highest BCUT2D eigenvalue weighted by Gasteiger charge is 2.45. The Morgan fingerprint density at radius 2 is 1.71 bits per heavy atom. The molecule has 2 amide bonds. The van der Waals surface area contributed by atoms with Crippen LogP contribution in [0.25, 0.3) is 0 Å². The fraction of sp³-hybridized carbons (Fsp3) is 0.500. The first-order chi connectivity index (χ1) is 16.4. The minimum absolute atomic E-state index is 0.0965. The number of benzene rings is 2. The van der Waals surface area contributed by atoms with Gasteiger partial charge in [-0.1, -0.05) is 29.8 Å². The van der Waals surface area contributed by atoms with Crippen molar-refractivity contribution in [2.45, 2.75) is 52.1 Å². The average Bonchev–Trinajstić information content (AvgIpc) is 3.21. The van der Waals surface area contributed by atoms with Gasteiger partial charge in [-0.15, -0.1) is 0 Å². The summed E-state index contributed by atoms with van der Waals surface area (Å²) in [6.07, 6.45) is 4.76. The number of halogens is 1. The van der Waals surface area contributed by atoms with Crippen LogP contribution in [0, 0.1) is 11.8 Å². The number of carbonyl (C=O) groups excluding carboxylic acids is 2. The Morgan fingerprint density at radius 1 is 1.03 bits per heavy atom. The summed E-state index contributed by atoms with van der Waals surface area (Å²) in [5.74, 6) is 1.61. The third-order valence-corrected chi connectivity index (χ3v) is 8.85. The smallest absolute Gasteiger partial charge is 0.317 e. The van der Waals surface area contributed by atoms with Crippen LogP contribution in [0.15, 0.2) is 42.5 Å². The molecule has 0 aromatic heterocycles. The third-order valence-electron chi connectivity index (χ3n) is 8.53. The number of piperidine rings is 2. The van der Waals surface area contributed by atoms with Crippen LogP contribution < -0.4 is 10.2 Å². The molecule has 3 aliphatic heterocycles. The summed E-state index contributed by atoms with van der Waals surface area (Å²) in [5.41, 5.74) is 2.96.